The first kappa shape index (κ1) is 16.5. The number of hydrogen-bond donors (Lipinski definition) is 0. The maximum Gasteiger partial charge on any atom is 0.227 e. The Morgan fingerprint density at radius 1 is 1.38 bits per heavy atom. The highest BCUT2D eigenvalue weighted by molar-refractivity contribution is 5.79. The summed E-state index contributed by atoms with van der Waals surface area (Å²) in [5, 5.41) is 7.89. The Morgan fingerprint density at radius 3 is 2.67 bits per heavy atom. The molecule has 0 N–H and O–H groups in total. The molecule has 0 radical (unpaired) electrons. The summed E-state index contributed by atoms with van der Waals surface area (Å²) in [5.74, 6) is -1.19. The van der Waals surface area contributed by atoms with Gasteiger partial charge in [0.25, 0.3) is 0 Å². The topological polar surface area (TPSA) is 60.3 Å². The highest BCUT2D eigenvalue weighted by atomic mass is 19.1. The third-order valence-electron chi connectivity index (χ3n) is 4.35. The van der Waals surface area contributed by atoms with Crippen molar-refractivity contribution in [2.75, 3.05) is 13.7 Å². The zero-order chi connectivity index (χ0) is 17.3. The van der Waals surface area contributed by atoms with Crippen LogP contribution < -0.4 is 0 Å². The van der Waals surface area contributed by atoms with Crippen LogP contribution in [0.5, 0.6) is 0 Å². The molecular formula is C16H18F2N4O2. The molecule has 0 bridgehead atoms. The molecule has 1 aromatic heterocycles. The third-order valence-corrected chi connectivity index (χ3v) is 4.35. The molecule has 0 spiro atoms. The third kappa shape index (κ3) is 3.01. The average Bonchev–Trinajstić information content (AvgIpc) is 3.16. The fourth-order valence-electron chi connectivity index (χ4n) is 3.04. The first-order valence-corrected chi connectivity index (χ1v) is 7.60. The summed E-state index contributed by atoms with van der Waals surface area (Å²) in [6.45, 7) is 0.350. The number of aromatic nitrogens is 3. The number of nitrogens with zero attached hydrogens (tertiary/aromatic N) is 4. The lowest BCUT2D eigenvalue weighted by Crippen LogP contribution is -2.34. The molecule has 3 rings (SSSR count). The van der Waals surface area contributed by atoms with Gasteiger partial charge in [0.1, 0.15) is 18.0 Å². The van der Waals surface area contributed by atoms with Crippen LogP contribution in [-0.4, -0.2) is 45.3 Å². The Kier molecular flexibility index (Phi) is 4.57. The number of hydrogen-bond acceptors (Lipinski definition) is 4. The van der Waals surface area contributed by atoms with Gasteiger partial charge in [-0.05, 0) is 12.1 Å². The van der Waals surface area contributed by atoms with Gasteiger partial charge < -0.3 is 14.2 Å². The highest BCUT2D eigenvalue weighted by Gasteiger charge is 2.38. The van der Waals surface area contributed by atoms with Gasteiger partial charge in [-0.1, -0.05) is 6.07 Å². The zero-order valence-electron chi connectivity index (χ0n) is 13.4. The van der Waals surface area contributed by atoms with E-state index in [-0.39, 0.29) is 30.0 Å². The van der Waals surface area contributed by atoms with Gasteiger partial charge in [-0.25, -0.2) is 8.78 Å². The van der Waals surface area contributed by atoms with Crippen LogP contribution in [0.2, 0.25) is 0 Å². The van der Waals surface area contributed by atoms with Gasteiger partial charge in [-0.2, -0.15) is 0 Å². The smallest absolute Gasteiger partial charge is 0.227 e. The minimum atomic E-state index is -0.721. The lowest BCUT2D eigenvalue weighted by atomic mass is 10.1. The van der Waals surface area contributed by atoms with Crippen molar-refractivity contribution in [1.82, 2.24) is 19.7 Å². The van der Waals surface area contributed by atoms with Crippen LogP contribution in [-0.2, 0) is 23.0 Å². The number of benzene rings is 1. The van der Waals surface area contributed by atoms with E-state index >= 15 is 0 Å². The van der Waals surface area contributed by atoms with E-state index in [2.05, 4.69) is 10.2 Å². The predicted molar refractivity (Wildman–Crippen MR) is 80.9 cm³/mol. The highest BCUT2D eigenvalue weighted by Crippen LogP contribution is 2.32. The van der Waals surface area contributed by atoms with Gasteiger partial charge >= 0.3 is 0 Å². The van der Waals surface area contributed by atoms with Crippen molar-refractivity contribution in [3.8, 4) is 0 Å². The number of carbonyl (C=O) groups excluding carboxylic acids is 1. The van der Waals surface area contributed by atoms with Gasteiger partial charge in [-0.15, -0.1) is 10.2 Å². The molecule has 1 amide bonds. The first-order chi connectivity index (χ1) is 11.5. The van der Waals surface area contributed by atoms with E-state index in [0.29, 0.717) is 18.8 Å². The zero-order valence-corrected chi connectivity index (χ0v) is 13.4. The molecule has 2 heterocycles. The molecule has 1 saturated heterocycles. The quantitative estimate of drug-likeness (QED) is 0.851. The van der Waals surface area contributed by atoms with Crippen molar-refractivity contribution >= 4 is 5.91 Å². The molecule has 2 aromatic rings. The fraction of sp³-hybridized carbons (Fsp3) is 0.438. The molecule has 1 aliphatic rings. The second-order valence-corrected chi connectivity index (χ2v) is 5.83. The van der Waals surface area contributed by atoms with Crippen molar-refractivity contribution in [3.05, 3.63) is 47.5 Å². The minimum absolute atomic E-state index is 0.152. The van der Waals surface area contributed by atoms with Crippen molar-refractivity contribution < 1.29 is 18.3 Å². The summed E-state index contributed by atoms with van der Waals surface area (Å²) in [5.41, 5.74) is -0.222. The number of aryl methyl sites for hydroxylation is 1. The first-order valence-electron chi connectivity index (χ1n) is 7.60. The fourth-order valence-corrected chi connectivity index (χ4v) is 3.04. The Bertz CT molecular complexity index is 729. The molecule has 128 valence electrons. The van der Waals surface area contributed by atoms with Gasteiger partial charge in [-0.3, -0.25) is 4.79 Å². The van der Waals surface area contributed by atoms with Crippen LogP contribution in [0.3, 0.4) is 0 Å². The second kappa shape index (κ2) is 6.64. The predicted octanol–water partition coefficient (Wildman–Crippen LogP) is 1.62. The van der Waals surface area contributed by atoms with Crippen molar-refractivity contribution in [1.29, 1.82) is 0 Å². The van der Waals surface area contributed by atoms with Crippen molar-refractivity contribution in [2.24, 2.45) is 7.05 Å². The van der Waals surface area contributed by atoms with Crippen LogP contribution in [0.4, 0.5) is 8.78 Å². The van der Waals surface area contributed by atoms with E-state index in [9.17, 15) is 13.6 Å². The van der Waals surface area contributed by atoms with Crippen LogP contribution in [0.1, 0.15) is 23.9 Å². The van der Waals surface area contributed by atoms with Crippen LogP contribution in [0.25, 0.3) is 0 Å². The standard InChI is InChI=1S/C16H18F2N4O2/c1-21-9-19-20-16(21)14-6-10(24-2)8-22(14)15(23)7-11-12(17)4-3-5-13(11)18/h3-5,9-10,14H,6-8H2,1-2H3/t10-,14+/m1/s1. The maximum absolute atomic E-state index is 13.8. The maximum atomic E-state index is 13.8. The molecule has 1 aromatic carbocycles. The van der Waals surface area contributed by atoms with Gasteiger partial charge in [0.2, 0.25) is 5.91 Å². The second-order valence-electron chi connectivity index (χ2n) is 5.83. The van der Waals surface area contributed by atoms with E-state index in [0.717, 1.165) is 12.1 Å². The Hall–Kier alpha value is -2.35. The Balaban J connectivity index is 1.85. The summed E-state index contributed by atoms with van der Waals surface area (Å²) >= 11 is 0. The SMILES string of the molecule is CO[C@@H]1C[C@@H](c2nncn2C)N(C(=O)Cc2c(F)cccc2F)C1. The molecular weight excluding hydrogens is 318 g/mol. The molecule has 0 aliphatic carbocycles. The lowest BCUT2D eigenvalue weighted by molar-refractivity contribution is -0.132. The monoisotopic (exact) mass is 336 g/mol. The molecule has 6 nitrogen and oxygen atoms in total. The van der Waals surface area contributed by atoms with Gasteiger partial charge in [0, 0.05) is 32.7 Å². The molecule has 8 heteroatoms. The number of carbonyl (C=O) groups is 1. The number of methoxy groups -OCH3 is 1. The molecule has 1 fully saturated rings. The number of rotatable bonds is 4. The summed E-state index contributed by atoms with van der Waals surface area (Å²) in [7, 11) is 3.36. The van der Waals surface area contributed by atoms with Crippen LogP contribution in [0, 0.1) is 11.6 Å². The van der Waals surface area contributed by atoms with E-state index < -0.39 is 11.6 Å². The van der Waals surface area contributed by atoms with E-state index in [1.165, 1.54) is 6.07 Å². The number of halogens is 2. The van der Waals surface area contributed by atoms with E-state index in [4.69, 9.17) is 4.74 Å². The summed E-state index contributed by atoms with van der Waals surface area (Å²) in [6, 6.07) is 3.24. The summed E-state index contributed by atoms with van der Waals surface area (Å²) in [6.07, 6.45) is 1.62. The molecule has 0 unspecified atom stereocenters. The molecule has 1 aliphatic heterocycles. The van der Waals surface area contributed by atoms with Gasteiger partial charge in [0.15, 0.2) is 5.82 Å². The number of likely N-dealkylation sites (tertiary alicyclic amines) is 1. The summed E-state index contributed by atoms with van der Waals surface area (Å²) < 4.78 is 34.7. The Labute approximate surface area is 138 Å². The average molecular weight is 336 g/mol. The normalized spacial score (nSPS) is 20.6. The minimum Gasteiger partial charge on any atom is -0.380 e. The van der Waals surface area contributed by atoms with E-state index in [1.807, 2.05) is 0 Å². The van der Waals surface area contributed by atoms with Crippen LogP contribution in [0.15, 0.2) is 24.5 Å². The van der Waals surface area contributed by atoms with Crippen LogP contribution >= 0.6 is 0 Å². The summed E-state index contributed by atoms with van der Waals surface area (Å²) in [4.78, 5) is 14.2. The molecule has 0 saturated carbocycles. The molecule has 2 atom stereocenters. The van der Waals surface area contributed by atoms with Crippen molar-refractivity contribution in [3.63, 3.8) is 0 Å². The Morgan fingerprint density at radius 2 is 2.08 bits per heavy atom. The lowest BCUT2D eigenvalue weighted by Gasteiger charge is -2.23. The number of ether oxygens (including phenoxy) is 1. The van der Waals surface area contributed by atoms with E-state index in [1.54, 1.807) is 30.0 Å². The largest absolute Gasteiger partial charge is 0.380 e. The molecule has 24 heavy (non-hydrogen) atoms. The number of amides is 1. The van der Waals surface area contributed by atoms with Gasteiger partial charge in [0.05, 0.1) is 18.6 Å². The van der Waals surface area contributed by atoms with Crippen molar-refractivity contribution in [2.45, 2.75) is 25.0 Å².